The summed E-state index contributed by atoms with van der Waals surface area (Å²) in [5.41, 5.74) is 0.305. The van der Waals surface area contributed by atoms with Gasteiger partial charge in [0.05, 0.1) is 33.6 Å². The van der Waals surface area contributed by atoms with Crippen molar-refractivity contribution >= 4 is 58.8 Å². The molecule has 0 spiro atoms. The Morgan fingerprint density at radius 3 is 1.35 bits per heavy atom. The van der Waals surface area contributed by atoms with E-state index in [-0.39, 0.29) is 56.3 Å². The quantitative estimate of drug-likeness (QED) is 0.141. The number of esters is 4. The van der Waals surface area contributed by atoms with Gasteiger partial charge in [0.2, 0.25) is 0 Å². The van der Waals surface area contributed by atoms with Crippen LogP contribution in [0.2, 0.25) is 0 Å². The lowest BCUT2D eigenvalue weighted by Gasteiger charge is -2.12. The van der Waals surface area contributed by atoms with Crippen LogP contribution in [0.25, 0.3) is 0 Å². The molecule has 212 valence electrons. The molecule has 6 rings (SSSR count). The number of aromatic hydroxyl groups is 2. The third kappa shape index (κ3) is 5.15. The molecule has 2 aliphatic heterocycles. The highest BCUT2D eigenvalue weighted by atomic mass is 32.2. The summed E-state index contributed by atoms with van der Waals surface area (Å²) in [4.78, 5) is 73.8. The maximum Gasteiger partial charge on any atom is 0.346 e. The average molecular weight is 597 g/mol. The van der Waals surface area contributed by atoms with Crippen molar-refractivity contribution in [2.24, 2.45) is 0 Å². The molecule has 0 fully saturated rings. The fraction of sp³-hybridized carbons (Fsp3) is 0. The SMILES string of the molecule is O=C(Nc1cc(Sc2ccc(O)c(NC(=O)c3ccc4c(c3)C(=O)OC4=O)c2)ccc1O)c1ccc2c(c1)C(=O)OC2=O. The largest absolute Gasteiger partial charge is 0.506 e. The van der Waals surface area contributed by atoms with Crippen LogP contribution in [0.15, 0.2) is 82.6 Å². The predicted molar refractivity (Wildman–Crippen MR) is 149 cm³/mol. The Bertz CT molecular complexity index is 1810. The molecular weight excluding hydrogens is 580 g/mol. The number of carbonyl (C=O) groups excluding carboxylic acids is 6. The Morgan fingerprint density at radius 2 is 0.930 bits per heavy atom. The number of cyclic esters (lactones) is 4. The summed E-state index contributed by atoms with van der Waals surface area (Å²) in [6, 6.07) is 16.7. The van der Waals surface area contributed by atoms with Gasteiger partial charge in [0.25, 0.3) is 11.8 Å². The number of nitrogens with one attached hydrogen (secondary N) is 2. The first-order valence-corrected chi connectivity index (χ1v) is 13.2. The second kappa shape index (κ2) is 10.5. The summed E-state index contributed by atoms with van der Waals surface area (Å²) in [6.45, 7) is 0. The molecule has 2 aliphatic rings. The average Bonchev–Trinajstić information content (AvgIpc) is 3.44. The van der Waals surface area contributed by atoms with Crippen LogP contribution in [-0.4, -0.2) is 45.9 Å². The number of carbonyl (C=O) groups is 6. The molecule has 12 nitrogen and oxygen atoms in total. The predicted octanol–water partition coefficient (Wildman–Crippen LogP) is 4.37. The molecule has 4 aromatic rings. The second-order valence-electron chi connectivity index (χ2n) is 9.24. The van der Waals surface area contributed by atoms with Gasteiger partial charge in [-0.3, -0.25) is 9.59 Å². The zero-order chi connectivity index (χ0) is 30.4. The lowest BCUT2D eigenvalue weighted by molar-refractivity contribution is 0.0425. The zero-order valence-corrected chi connectivity index (χ0v) is 22.3. The maximum absolute atomic E-state index is 12.8. The third-order valence-electron chi connectivity index (χ3n) is 6.48. The molecule has 0 aromatic heterocycles. The Hall–Kier alpha value is -5.95. The molecule has 0 unspecified atom stereocenters. The fourth-order valence-electron chi connectivity index (χ4n) is 4.34. The number of hydrogen-bond acceptors (Lipinski definition) is 11. The van der Waals surface area contributed by atoms with E-state index >= 15 is 0 Å². The van der Waals surface area contributed by atoms with Crippen molar-refractivity contribution in [1.82, 2.24) is 0 Å². The standard InChI is InChI=1S/C30H16N2O10S/c33-23-7-3-15(11-21(23)31-25(35)13-1-5-17-19(9-13)29(39)41-27(17)37)43-16-4-8-24(34)22(12-16)32-26(36)14-2-6-18-20(10-14)30(40)42-28(18)38/h1-12,33-34H,(H,31,35)(H,32,36). The number of rotatable bonds is 6. The first-order chi connectivity index (χ1) is 20.6. The van der Waals surface area contributed by atoms with Crippen LogP contribution in [-0.2, 0) is 9.47 Å². The van der Waals surface area contributed by atoms with E-state index in [1.165, 1.54) is 72.4 Å². The van der Waals surface area contributed by atoms with Gasteiger partial charge in [0, 0.05) is 20.9 Å². The highest BCUT2D eigenvalue weighted by molar-refractivity contribution is 7.99. The molecule has 43 heavy (non-hydrogen) atoms. The van der Waals surface area contributed by atoms with Gasteiger partial charge >= 0.3 is 23.9 Å². The van der Waals surface area contributed by atoms with E-state index < -0.39 is 35.7 Å². The van der Waals surface area contributed by atoms with E-state index in [9.17, 15) is 39.0 Å². The molecule has 4 N–H and O–H groups in total. The minimum Gasteiger partial charge on any atom is -0.506 e. The zero-order valence-electron chi connectivity index (χ0n) is 21.5. The van der Waals surface area contributed by atoms with E-state index in [1.54, 1.807) is 12.1 Å². The Labute approximate surface area is 245 Å². The second-order valence-corrected chi connectivity index (χ2v) is 10.4. The number of benzene rings is 4. The molecule has 0 radical (unpaired) electrons. The van der Waals surface area contributed by atoms with Crippen LogP contribution in [0, 0.1) is 0 Å². The molecule has 0 bridgehead atoms. The van der Waals surface area contributed by atoms with Crippen molar-refractivity contribution in [1.29, 1.82) is 0 Å². The molecule has 4 aromatic carbocycles. The molecule has 0 saturated heterocycles. The van der Waals surface area contributed by atoms with Gasteiger partial charge in [-0.25, -0.2) is 19.2 Å². The number of amides is 2. The minimum atomic E-state index is -0.853. The summed E-state index contributed by atoms with van der Waals surface area (Å²) < 4.78 is 9.08. The van der Waals surface area contributed by atoms with Gasteiger partial charge in [-0.1, -0.05) is 11.8 Å². The summed E-state index contributed by atoms with van der Waals surface area (Å²) in [7, 11) is 0. The monoisotopic (exact) mass is 596 g/mol. The topological polar surface area (TPSA) is 185 Å². The summed E-state index contributed by atoms with van der Waals surface area (Å²) in [5, 5.41) is 25.8. The van der Waals surface area contributed by atoms with E-state index in [1.807, 2.05) is 0 Å². The van der Waals surface area contributed by atoms with Crippen LogP contribution >= 0.6 is 11.8 Å². The maximum atomic E-state index is 12.8. The van der Waals surface area contributed by atoms with E-state index in [4.69, 9.17) is 0 Å². The van der Waals surface area contributed by atoms with Crippen molar-refractivity contribution in [3.05, 3.63) is 106 Å². The molecule has 0 saturated carbocycles. The number of fused-ring (bicyclic) bond motifs is 2. The molecule has 0 aliphatic carbocycles. The summed E-state index contributed by atoms with van der Waals surface area (Å²) in [5.74, 6) is -5.04. The number of anilines is 2. The lowest BCUT2D eigenvalue weighted by Crippen LogP contribution is -2.13. The number of phenolic OH excluding ortho intramolecular Hbond substituents is 2. The summed E-state index contributed by atoms with van der Waals surface area (Å²) >= 11 is 1.19. The molecule has 2 amide bonds. The van der Waals surface area contributed by atoms with Crippen molar-refractivity contribution in [2.75, 3.05) is 10.6 Å². The van der Waals surface area contributed by atoms with Crippen LogP contribution < -0.4 is 10.6 Å². The molecule has 0 atom stereocenters. The van der Waals surface area contributed by atoms with Crippen molar-refractivity contribution < 1.29 is 48.5 Å². The van der Waals surface area contributed by atoms with Gasteiger partial charge in [0.1, 0.15) is 11.5 Å². The van der Waals surface area contributed by atoms with Gasteiger partial charge in [-0.15, -0.1) is 0 Å². The van der Waals surface area contributed by atoms with Gasteiger partial charge in [-0.05, 0) is 72.8 Å². The van der Waals surface area contributed by atoms with Crippen molar-refractivity contribution in [3.8, 4) is 11.5 Å². The normalized spacial score (nSPS) is 13.2. The first-order valence-electron chi connectivity index (χ1n) is 12.3. The van der Waals surface area contributed by atoms with Crippen molar-refractivity contribution in [3.63, 3.8) is 0 Å². The van der Waals surface area contributed by atoms with Crippen LogP contribution in [0.4, 0.5) is 11.4 Å². The molecular formula is C30H16N2O10S. The number of ether oxygens (including phenoxy) is 2. The lowest BCUT2D eigenvalue weighted by atomic mass is 10.1. The van der Waals surface area contributed by atoms with E-state index in [0.717, 1.165) is 0 Å². The van der Waals surface area contributed by atoms with Gasteiger partial charge < -0.3 is 30.3 Å². The highest BCUT2D eigenvalue weighted by Gasteiger charge is 2.31. The first kappa shape index (κ1) is 27.2. The Balaban J connectivity index is 1.18. The smallest absolute Gasteiger partial charge is 0.346 e. The van der Waals surface area contributed by atoms with E-state index in [2.05, 4.69) is 20.1 Å². The van der Waals surface area contributed by atoms with Gasteiger partial charge in [-0.2, -0.15) is 0 Å². The minimum absolute atomic E-state index is 0.0322. The van der Waals surface area contributed by atoms with Crippen molar-refractivity contribution in [2.45, 2.75) is 9.79 Å². The van der Waals surface area contributed by atoms with Crippen LogP contribution in [0.1, 0.15) is 62.1 Å². The van der Waals surface area contributed by atoms with Crippen LogP contribution in [0.5, 0.6) is 11.5 Å². The molecule has 2 heterocycles. The van der Waals surface area contributed by atoms with Gasteiger partial charge in [0.15, 0.2) is 0 Å². The van der Waals surface area contributed by atoms with E-state index in [0.29, 0.717) is 9.79 Å². The third-order valence-corrected chi connectivity index (χ3v) is 7.46. The highest BCUT2D eigenvalue weighted by Crippen LogP contribution is 2.37. The van der Waals surface area contributed by atoms with Crippen LogP contribution in [0.3, 0.4) is 0 Å². The number of hydrogen-bond donors (Lipinski definition) is 4. The molecule has 13 heteroatoms. The Kier molecular flexibility index (Phi) is 6.63. The summed E-state index contributed by atoms with van der Waals surface area (Å²) in [6.07, 6.45) is 0. The Morgan fingerprint density at radius 1 is 0.535 bits per heavy atom. The number of phenols is 2. The fourth-order valence-corrected chi connectivity index (χ4v) is 5.23.